The molecule has 0 saturated carbocycles. The fourth-order valence-corrected chi connectivity index (χ4v) is 2.98. The SMILES string of the molecule is CCC(CCC(C)=O)c1ccc(S(=O)(=O)CC)cc1. The summed E-state index contributed by atoms with van der Waals surface area (Å²) < 4.78 is 23.4. The van der Waals surface area contributed by atoms with Crippen LogP contribution in [-0.2, 0) is 14.6 Å². The molecule has 1 rings (SSSR count). The van der Waals surface area contributed by atoms with Crippen molar-refractivity contribution in [3.63, 3.8) is 0 Å². The van der Waals surface area contributed by atoms with Crippen LogP contribution in [0.4, 0.5) is 0 Å². The van der Waals surface area contributed by atoms with E-state index in [1.807, 2.05) is 12.1 Å². The van der Waals surface area contributed by atoms with Crippen LogP contribution in [0.2, 0.25) is 0 Å². The van der Waals surface area contributed by atoms with E-state index in [9.17, 15) is 13.2 Å². The molecule has 0 amide bonds. The van der Waals surface area contributed by atoms with Crippen LogP contribution >= 0.6 is 0 Å². The molecular weight excluding hydrogens is 260 g/mol. The minimum atomic E-state index is -3.13. The summed E-state index contributed by atoms with van der Waals surface area (Å²) in [7, 11) is -3.13. The molecule has 0 fully saturated rings. The summed E-state index contributed by atoms with van der Waals surface area (Å²) in [6, 6.07) is 7.09. The first-order valence-corrected chi connectivity index (χ1v) is 8.38. The lowest BCUT2D eigenvalue weighted by molar-refractivity contribution is -0.117. The molecule has 0 aliphatic heterocycles. The van der Waals surface area contributed by atoms with Gasteiger partial charge in [-0.3, -0.25) is 0 Å². The lowest BCUT2D eigenvalue weighted by atomic mass is 9.91. The molecule has 1 atom stereocenters. The minimum Gasteiger partial charge on any atom is -0.300 e. The van der Waals surface area contributed by atoms with Gasteiger partial charge >= 0.3 is 0 Å². The smallest absolute Gasteiger partial charge is 0.178 e. The Morgan fingerprint density at radius 1 is 1.16 bits per heavy atom. The molecule has 0 bridgehead atoms. The first-order chi connectivity index (χ1) is 8.90. The van der Waals surface area contributed by atoms with E-state index in [0.717, 1.165) is 18.4 Å². The van der Waals surface area contributed by atoms with Crippen LogP contribution in [0.3, 0.4) is 0 Å². The van der Waals surface area contributed by atoms with Crippen molar-refractivity contribution in [1.82, 2.24) is 0 Å². The Labute approximate surface area is 116 Å². The van der Waals surface area contributed by atoms with Gasteiger partial charge in [-0.05, 0) is 43.4 Å². The number of sulfone groups is 1. The van der Waals surface area contributed by atoms with Crippen LogP contribution in [0.1, 0.15) is 51.5 Å². The fraction of sp³-hybridized carbons (Fsp3) is 0.533. The first-order valence-electron chi connectivity index (χ1n) is 6.72. The number of rotatable bonds is 7. The highest BCUT2D eigenvalue weighted by Gasteiger charge is 2.14. The summed E-state index contributed by atoms with van der Waals surface area (Å²) in [4.78, 5) is 11.4. The molecule has 0 aliphatic carbocycles. The second-order valence-corrected chi connectivity index (χ2v) is 7.10. The molecule has 0 heterocycles. The van der Waals surface area contributed by atoms with Gasteiger partial charge in [-0.25, -0.2) is 8.42 Å². The van der Waals surface area contributed by atoms with E-state index >= 15 is 0 Å². The molecule has 0 aromatic heterocycles. The molecule has 106 valence electrons. The van der Waals surface area contributed by atoms with Crippen molar-refractivity contribution >= 4 is 15.6 Å². The molecule has 0 aliphatic rings. The predicted molar refractivity (Wildman–Crippen MR) is 77.1 cm³/mol. The third-order valence-corrected chi connectivity index (χ3v) is 5.18. The van der Waals surface area contributed by atoms with E-state index in [2.05, 4.69) is 6.92 Å². The number of benzene rings is 1. The summed E-state index contributed by atoms with van der Waals surface area (Å²) in [6.45, 7) is 5.33. The van der Waals surface area contributed by atoms with Gasteiger partial charge in [-0.1, -0.05) is 26.0 Å². The highest BCUT2D eigenvalue weighted by Crippen LogP contribution is 2.26. The van der Waals surface area contributed by atoms with Gasteiger partial charge in [0.05, 0.1) is 10.6 Å². The predicted octanol–water partition coefficient (Wildman–Crippen LogP) is 3.34. The number of hydrogen-bond donors (Lipinski definition) is 0. The monoisotopic (exact) mass is 282 g/mol. The van der Waals surface area contributed by atoms with E-state index in [-0.39, 0.29) is 11.5 Å². The normalized spacial score (nSPS) is 13.2. The van der Waals surface area contributed by atoms with Crippen molar-refractivity contribution in [3.8, 4) is 0 Å². The van der Waals surface area contributed by atoms with Gasteiger partial charge < -0.3 is 4.79 Å². The summed E-state index contributed by atoms with van der Waals surface area (Å²) in [5.74, 6) is 0.638. The van der Waals surface area contributed by atoms with Crippen LogP contribution in [0.15, 0.2) is 29.2 Å². The second kappa shape index (κ2) is 6.85. The van der Waals surface area contributed by atoms with E-state index in [1.165, 1.54) is 0 Å². The average Bonchev–Trinajstić information content (AvgIpc) is 2.39. The highest BCUT2D eigenvalue weighted by molar-refractivity contribution is 7.91. The molecule has 0 radical (unpaired) electrons. The Hall–Kier alpha value is -1.16. The summed E-state index contributed by atoms with van der Waals surface area (Å²) in [5.41, 5.74) is 1.11. The van der Waals surface area contributed by atoms with E-state index < -0.39 is 9.84 Å². The van der Waals surface area contributed by atoms with Gasteiger partial charge in [-0.2, -0.15) is 0 Å². The van der Waals surface area contributed by atoms with Crippen LogP contribution in [-0.4, -0.2) is 20.0 Å². The van der Waals surface area contributed by atoms with Gasteiger partial charge in [0.2, 0.25) is 0 Å². The van der Waals surface area contributed by atoms with Gasteiger partial charge in [0, 0.05) is 6.42 Å². The Kier molecular flexibility index (Phi) is 5.73. The average molecular weight is 282 g/mol. The van der Waals surface area contributed by atoms with Gasteiger partial charge in [0.25, 0.3) is 0 Å². The maximum absolute atomic E-state index is 11.7. The zero-order chi connectivity index (χ0) is 14.5. The number of ketones is 1. The van der Waals surface area contributed by atoms with Gasteiger partial charge in [0.1, 0.15) is 5.78 Å². The molecule has 19 heavy (non-hydrogen) atoms. The van der Waals surface area contributed by atoms with Crippen molar-refractivity contribution in [2.45, 2.75) is 50.8 Å². The van der Waals surface area contributed by atoms with Crippen molar-refractivity contribution in [2.24, 2.45) is 0 Å². The number of carbonyl (C=O) groups excluding carboxylic acids is 1. The second-order valence-electron chi connectivity index (χ2n) is 4.82. The quantitative estimate of drug-likeness (QED) is 0.770. The Bertz CT molecular complexity index is 515. The maximum atomic E-state index is 11.7. The lowest BCUT2D eigenvalue weighted by Gasteiger charge is -2.15. The van der Waals surface area contributed by atoms with E-state index in [1.54, 1.807) is 26.0 Å². The molecule has 4 heteroatoms. The molecule has 1 unspecified atom stereocenters. The highest BCUT2D eigenvalue weighted by atomic mass is 32.2. The molecule has 0 saturated heterocycles. The standard InChI is InChI=1S/C15H22O3S/c1-4-13(7-6-12(3)16)14-8-10-15(11-9-14)19(17,18)5-2/h8-11,13H,4-7H2,1-3H3. The molecule has 0 spiro atoms. The first kappa shape index (κ1) is 15.9. The van der Waals surface area contributed by atoms with E-state index in [4.69, 9.17) is 0 Å². The Morgan fingerprint density at radius 2 is 1.74 bits per heavy atom. The van der Waals surface area contributed by atoms with Crippen LogP contribution in [0.5, 0.6) is 0 Å². The lowest BCUT2D eigenvalue weighted by Crippen LogP contribution is -2.05. The van der Waals surface area contributed by atoms with Crippen molar-refractivity contribution in [2.75, 3.05) is 5.75 Å². The topological polar surface area (TPSA) is 51.2 Å². The van der Waals surface area contributed by atoms with Crippen LogP contribution in [0.25, 0.3) is 0 Å². The molecule has 3 nitrogen and oxygen atoms in total. The van der Waals surface area contributed by atoms with Crippen LogP contribution in [0, 0.1) is 0 Å². The molecule has 1 aromatic rings. The Morgan fingerprint density at radius 3 is 2.16 bits per heavy atom. The number of carbonyl (C=O) groups is 1. The van der Waals surface area contributed by atoms with E-state index in [0.29, 0.717) is 17.2 Å². The van der Waals surface area contributed by atoms with Gasteiger partial charge in [0.15, 0.2) is 9.84 Å². The third kappa shape index (κ3) is 4.46. The fourth-order valence-electron chi connectivity index (χ4n) is 2.10. The molecular formula is C15H22O3S. The minimum absolute atomic E-state index is 0.119. The molecule has 0 N–H and O–H groups in total. The number of hydrogen-bond acceptors (Lipinski definition) is 3. The van der Waals surface area contributed by atoms with Gasteiger partial charge in [-0.15, -0.1) is 0 Å². The summed E-state index contributed by atoms with van der Waals surface area (Å²) in [6.07, 6.45) is 2.35. The van der Waals surface area contributed by atoms with Crippen molar-refractivity contribution in [1.29, 1.82) is 0 Å². The van der Waals surface area contributed by atoms with Crippen molar-refractivity contribution in [3.05, 3.63) is 29.8 Å². The zero-order valence-corrected chi connectivity index (χ0v) is 12.7. The maximum Gasteiger partial charge on any atom is 0.178 e. The third-order valence-electron chi connectivity index (χ3n) is 3.43. The largest absolute Gasteiger partial charge is 0.300 e. The Balaban J connectivity index is 2.87. The number of Topliss-reactive ketones (excluding diaryl/α,β-unsaturated/α-hetero) is 1. The zero-order valence-electron chi connectivity index (χ0n) is 11.8. The summed E-state index contributed by atoms with van der Waals surface area (Å²) >= 11 is 0. The van der Waals surface area contributed by atoms with Crippen LogP contribution < -0.4 is 0 Å². The van der Waals surface area contributed by atoms with Crippen molar-refractivity contribution < 1.29 is 13.2 Å². The summed E-state index contributed by atoms with van der Waals surface area (Å²) in [5, 5.41) is 0. The molecule has 1 aromatic carbocycles.